The Hall–Kier alpha value is -1.61. The Labute approximate surface area is 115 Å². The summed E-state index contributed by atoms with van der Waals surface area (Å²) in [6, 6.07) is 8.32. The van der Waals surface area contributed by atoms with Gasteiger partial charge < -0.3 is 10.1 Å². The van der Waals surface area contributed by atoms with Crippen molar-refractivity contribution in [1.29, 1.82) is 0 Å². The first-order valence-electron chi connectivity index (χ1n) is 7.07. The second-order valence-electron chi connectivity index (χ2n) is 4.66. The predicted molar refractivity (Wildman–Crippen MR) is 79.5 cm³/mol. The Balaban J connectivity index is 2.29. The van der Waals surface area contributed by atoms with Crippen LogP contribution < -0.4 is 10.1 Å². The molecule has 0 amide bonds. The second kappa shape index (κ2) is 7.10. The zero-order valence-electron chi connectivity index (χ0n) is 11.8. The highest BCUT2D eigenvalue weighted by Gasteiger charge is 2.07. The minimum Gasteiger partial charge on any atom is -0.477 e. The molecule has 0 radical (unpaired) electrons. The molecule has 3 nitrogen and oxygen atoms in total. The van der Waals surface area contributed by atoms with Crippen molar-refractivity contribution in [2.24, 2.45) is 0 Å². The summed E-state index contributed by atoms with van der Waals surface area (Å²) in [7, 11) is 0. The van der Waals surface area contributed by atoms with E-state index in [-0.39, 0.29) is 0 Å². The number of benzene rings is 1. The highest BCUT2D eigenvalue weighted by atomic mass is 16.5. The van der Waals surface area contributed by atoms with Crippen molar-refractivity contribution in [1.82, 2.24) is 10.3 Å². The van der Waals surface area contributed by atoms with E-state index in [0.717, 1.165) is 37.2 Å². The monoisotopic (exact) mass is 258 g/mol. The van der Waals surface area contributed by atoms with Crippen LogP contribution in [0.1, 0.15) is 32.3 Å². The molecular formula is C16H22N2O. The van der Waals surface area contributed by atoms with Gasteiger partial charge in [-0.1, -0.05) is 32.0 Å². The number of ether oxygens (including phenoxy) is 1. The molecule has 0 aliphatic carbocycles. The summed E-state index contributed by atoms with van der Waals surface area (Å²) in [4.78, 5) is 4.46. The van der Waals surface area contributed by atoms with Gasteiger partial charge in [0.05, 0.1) is 6.61 Å². The number of nitrogens with zero attached hydrogens (tertiary/aromatic N) is 1. The van der Waals surface area contributed by atoms with Crippen LogP contribution in [0.2, 0.25) is 0 Å². The van der Waals surface area contributed by atoms with E-state index in [1.807, 2.05) is 12.3 Å². The number of rotatable bonds is 7. The summed E-state index contributed by atoms with van der Waals surface area (Å²) in [6.07, 6.45) is 4.06. The van der Waals surface area contributed by atoms with Gasteiger partial charge in [-0.3, -0.25) is 0 Å². The summed E-state index contributed by atoms with van der Waals surface area (Å²) in [5.41, 5.74) is 1.23. The summed E-state index contributed by atoms with van der Waals surface area (Å²) in [5, 5.41) is 5.76. The van der Waals surface area contributed by atoms with Crippen LogP contribution in [0.15, 0.2) is 30.5 Å². The number of fused-ring (bicyclic) bond motifs is 1. The maximum Gasteiger partial charge on any atom is 0.221 e. The fourth-order valence-electron chi connectivity index (χ4n) is 2.08. The average molecular weight is 258 g/mol. The van der Waals surface area contributed by atoms with Crippen LogP contribution in [0, 0.1) is 0 Å². The molecule has 0 atom stereocenters. The average Bonchev–Trinajstić information content (AvgIpc) is 2.46. The Morgan fingerprint density at radius 2 is 1.89 bits per heavy atom. The lowest BCUT2D eigenvalue weighted by Crippen LogP contribution is -2.14. The lowest BCUT2D eigenvalue weighted by Gasteiger charge is -2.11. The predicted octanol–water partition coefficient (Wildman–Crippen LogP) is 3.52. The zero-order chi connectivity index (χ0) is 13.5. The zero-order valence-corrected chi connectivity index (χ0v) is 11.8. The topological polar surface area (TPSA) is 34.2 Å². The molecule has 0 unspecified atom stereocenters. The molecule has 2 aromatic rings. The third-order valence-corrected chi connectivity index (χ3v) is 3.03. The number of pyridine rings is 1. The van der Waals surface area contributed by atoms with Gasteiger partial charge >= 0.3 is 0 Å². The van der Waals surface area contributed by atoms with Crippen molar-refractivity contribution in [2.45, 2.75) is 33.2 Å². The number of nitrogens with one attached hydrogen (secondary N) is 1. The Morgan fingerprint density at radius 3 is 2.63 bits per heavy atom. The SMILES string of the molecule is CCCNCc1cnc(OCCC)c2ccccc12. The summed E-state index contributed by atoms with van der Waals surface area (Å²) >= 11 is 0. The number of hydrogen-bond donors (Lipinski definition) is 1. The van der Waals surface area contributed by atoms with E-state index in [1.54, 1.807) is 0 Å². The lowest BCUT2D eigenvalue weighted by molar-refractivity contribution is 0.309. The van der Waals surface area contributed by atoms with Crippen molar-refractivity contribution >= 4 is 10.8 Å². The third-order valence-electron chi connectivity index (χ3n) is 3.03. The van der Waals surface area contributed by atoms with E-state index in [9.17, 15) is 0 Å². The Bertz CT molecular complexity index is 525. The molecule has 1 aromatic carbocycles. The normalized spacial score (nSPS) is 10.8. The maximum absolute atomic E-state index is 5.72. The molecular weight excluding hydrogens is 236 g/mol. The first-order chi connectivity index (χ1) is 9.36. The van der Waals surface area contributed by atoms with Crippen LogP contribution in [-0.2, 0) is 6.54 Å². The standard InChI is InChI=1S/C16H22N2O/c1-3-9-17-11-13-12-18-16(19-10-4-2)15-8-6-5-7-14(13)15/h5-8,12,17H,3-4,9-11H2,1-2H3. The molecule has 0 fully saturated rings. The first kappa shape index (κ1) is 13.8. The number of aromatic nitrogens is 1. The van der Waals surface area contributed by atoms with Gasteiger partial charge in [-0.25, -0.2) is 4.98 Å². The summed E-state index contributed by atoms with van der Waals surface area (Å²) in [6.45, 7) is 6.87. The highest BCUT2D eigenvalue weighted by molar-refractivity contribution is 5.89. The van der Waals surface area contributed by atoms with Crippen LogP contribution in [0.25, 0.3) is 10.8 Å². The molecule has 1 N–H and O–H groups in total. The largest absolute Gasteiger partial charge is 0.477 e. The van der Waals surface area contributed by atoms with E-state index in [4.69, 9.17) is 4.74 Å². The molecule has 102 valence electrons. The first-order valence-corrected chi connectivity index (χ1v) is 7.07. The quantitative estimate of drug-likeness (QED) is 0.771. The van der Waals surface area contributed by atoms with Crippen molar-refractivity contribution in [2.75, 3.05) is 13.2 Å². The van der Waals surface area contributed by atoms with Crippen LogP contribution in [0.3, 0.4) is 0 Å². The van der Waals surface area contributed by atoms with Crippen LogP contribution in [-0.4, -0.2) is 18.1 Å². The number of hydrogen-bond acceptors (Lipinski definition) is 3. The molecule has 0 spiro atoms. The van der Waals surface area contributed by atoms with Crippen molar-refractivity contribution in [3.63, 3.8) is 0 Å². The van der Waals surface area contributed by atoms with Crippen LogP contribution in [0.4, 0.5) is 0 Å². The van der Waals surface area contributed by atoms with E-state index in [2.05, 4.69) is 42.3 Å². The van der Waals surface area contributed by atoms with Gasteiger partial charge in [-0.15, -0.1) is 0 Å². The van der Waals surface area contributed by atoms with Gasteiger partial charge in [0.2, 0.25) is 5.88 Å². The second-order valence-corrected chi connectivity index (χ2v) is 4.66. The van der Waals surface area contributed by atoms with Crippen LogP contribution >= 0.6 is 0 Å². The van der Waals surface area contributed by atoms with E-state index in [0.29, 0.717) is 6.61 Å². The van der Waals surface area contributed by atoms with Crippen molar-refractivity contribution in [3.05, 3.63) is 36.0 Å². The minimum absolute atomic E-state index is 0.713. The highest BCUT2D eigenvalue weighted by Crippen LogP contribution is 2.26. The van der Waals surface area contributed by atoms with Gasteiger partial charge in [-0.2, -0.15) is 0 Å². The molecule has 0 aliphatic rings. The molecule has 0 saturated heterocycles. The maximum atomic E-state index is 5.72. The Kier molecular flexibility index (Phi) is 5.16. The van der Waals surface area contributed by atoms with Crippen molar-refractivity contribution < 1.29 is 4.74 Å². The van der Waals surface area contributed by atoms with E-state index >= 15 is 0 Å². The molecule has 0 aliphatic heterocycles. The molecule has 3 heteroatoms. The molecule has 2 rings (SSSR count). The Morgan fingerprint density at radius 1 is 1.11 bits per heavy atom. The van der Waals surface area contributed by atoms with Crippen molar-refractivity contribution in [3.8, 4) is 5.88 Å². The van der Waals surface area contributed by atoms with E-state index in [1.165, 1.54) is 10.9 Å². The van der Waals surface area contributed by atoms with Gasteiger partial charge in [-0.05, 0) is 36.4 Å². The molecule has 0 saturated carbocycles. The van der Waals surface area contributed by atoms with Gasteiger partial charge in [0, 0.05) is 18.1 Å². The molecule has 1 aromatic heterocycles. The fraction of sp³-hybridized carbons (Fsp3) is 0.438. The fourth-order valence-corrected chi connectivity index (χ4v) is 2.08. The molecule has 19 heavy (non-hydrogen) atoms. The lowest BCUT2D eigenvalue weighted by atomic mass is 10.1. The molecule has 0 bridgehead atoms. The van der Waals surface area contributed by atoms with E-state index < -0.39 is 0 Å². The summed E-state index contributed by atoms with van der Waals surface area (Å²) in [5.74, 6) is 0.747. The smallest absolute Gasteiger partial charge is 0.221 e. The summed E-state index contributed by atoms with van der Waals surface area (Å²) < 4.78 is 5.72. The minimum atomic E-state index is 0.713. The van der Waals surface area contributed by atoms with Crippen LogP contribution in [0.5, 0.6) is 5.88 Å². The van der Waals surface area contributed by atoms with Gasteiger partial charge in [0.1, 0.15) is 0 Å². The van der Waals surface area contributed by atoms with Gasteiger partial charge in [0.25, 0.3) is 0 Å². The molecule has 1 heterocycles. The van der Waals surface area contributed by atoms with Gasteiger partial charge in [0.15, 0.2) is 0 Å². The third kappa shape index (κ3) is 3.44.